The number of nitrogens with one attached hydrogen (secondary N) is 4. The quantitative estimate of drug-likeness (QED) is 0.138. The van der Waals surface area contributed by atoms with Crippen molar-refractivity contribution in [1.82, 2.24) is 41.0 Å². The maximum atomic E-state index is 13.3. The van der Waals surface area contributed by atoms with Crippen molar-refractivity contribution in [3.63, 3.8) is 0 Å². The first-order valence-electron chi connectivity index (χ1n) is 24.2. The fourth-order valence-electron chi connectivity index (χ4n) is 10.3. The molecule has 0 spiro atoms. The van der Waals surface area contributed by atoms with Crippen LogP contribution in [-0.4, -0.2) is 108 Å². The lowest BCUT2D eigenvalue weighted by Gasteiger charge is -2.36. The molecule has 0 bridgehead atoms. The predicted molar refractivity (Wildman–Crippen MR) is 258 cm³/mol. The second-order valence-electron chi connectivity index (χ2n) is 19.3. The summed E-state index contributed by atoms with van der Waals surface area (Å²) in [4.78, 5) is 92.8. The first kappa shape index (κ1) is 46.3. The molecule has 356 valence electrons. The van der Waals surface area contributed by atoms with Crippen molar-refractivity contribution in [2.75, 3.05) is 62.2 Å². The summed E-state index contributed by atoms with van der Waals surface area (Å²) in [5, 5.41) is 10.2. The Bertz CT molecular complexity index is 2520. The van der Waals surface area contributed by atoms with Crippen LogP contribution in [0.2, 0.25) is 0 Å². The van der Waals surface area contributed by atoms with Crippen molar-refractivity contribution in [3.05, 3.63) is 117 Å². The van der Waals surface area contributed by atoms with E-state index in [4.69, 9.17) is 9.97 Å². The zero-order valence-electron chi connectivity index (χ0n) is 40.0. The zero-order chi connectivity index (χ0) is 48.1. The van der Waals surface area contributed by atoms with Crippen LogP contribution >= 0.6 is 0 Å². The van der Waals surface area contributed by atoms with Crippen molar-refractivity contribution in [2.24, 2.45) is 0 Å². The van der Waals surface area contributed by atoms with Gasteiger partial charge in [-0.2, -0.15) is 0 Å². The molecule has 6 aliphatic rings. The molecule has 4 N–H and O–H groups in total. The molecular weight excluding hydrogens is 861 g/mol. The molecule has 68 heavy (non-hydrogen) atoms. The highest BCUT2D eigenvalue weighted by Gasteiger charge is 2.47. The number of urea groups is 2. The van der Waals surface area contributed by atoms with Gasteiger partial charge in [-0.1, -0.05) is 50.2 Å². The van der Waals surface area contributed by atoms with Gasteiger partial charge in [0.1, 0.15) is 22.7 Å². The Morgan fingerprint density at radius 3 is 1.19 bits per heavy atom. The van der Waals surface area contributed by atoms with Crippen LogP contribution in [0.25, 0.3) is 0 Å². The van der Waals surface area contributed by atoms with Crippen molar-refractivity contribution in [3.8, 4) is 0 Å². The number of benzene rings is 2. The number of carbonyl (C=O) groups is 6. The number of hydrogen-bond acceptors (Lipinski definition) is 10. The molecule has 8 amide bonds. The Kier molecular flexibility index (Phi) is 12.5. The van der Waals surface area contributed by atoms with Crippen LogP contribution in [-0.2, 0) is 20.7 Å². The number of hydrogen-bond donors (Lipinski definition) is 4. The van der Waals surface area contributed by atoms with Crippen LogP contribution in [0.1, 0.15) is 129 Å². The summed E-state index contributed by atoms with van der Waals surface area (Å²) in [5.41, 5.74) is 7.10. The second kappa shape index (κ2) is 18.3. The van der Waals surface area contributed by atoms with E-state index in [1.807, 2.05) is 62.0 Å². The van der Waals surface area contributed by atoms with Gasteiger partial charge < -0.3 is 30.2 Å². The molecule has 6 heterocycles. The highest BCUT2D eigenvalue weighted by atomic mass is 16.2. The lowest BCUT2D eigenvalue weighted by atomic mass is 9.85. The molecule has 2 aromatic heterocycles. The van der Waals surface area contributed by atoms with Gasteiger partial charge in [0.15, 0.2) is 0 Å². The number of aryl methyl sites for hydroxylation is 4. The molecule has 10 rings (SSSR count). The number of imide groups is 2. The summed E-state index contributed by atoms with van der Waals surface area (Å²) < 4.78 is 0. The molecule has 2 saturated carbocycles. The Morgan fingerprint density at radius 2 is 0.912 bits per heavy atom. The smallest absolute Gasteiger partial charge is 0.322 e. The van der Waals surface area contributed by atoms with Gasteiger partial charge in [0.2, 0.25) is 0 Å². The van der Waals surface area contributed by atoms with Crippen LogP contribution in [0.5, 0.6) is 0 Å². The number of carbonyl (C=O) groups excluding carboxylic acids is 6. The summed E-state index contributed by atoms with van der Waals surface area (Å²) in [7, 11) is 0. The molecule has 0 radical (unpaired) electrons. The van der Waals surface area contributed by atoms with E-state index >= 15 is 0 Å². The topological polar surface area (TPSA) is 189 Å². The van der Waals surface area contributed by atoms with Crippen LogP contribution in [0.4, 0.5) is 21.2 Å². The first-order chi connectivity index (χ1) is 32.6. The summed E-state index contributed by atoms with van der Waals surface area (Å²) in [6.07, 6.45) is 9.94. The van der Waals surface area contributed by atoms with Crippen molar-refractivity contribution < 1.29 is 28.8 Å². The van der Waals surface area contributed by atoms with E-state index in [1.165, 1.54) is 47.9 Å². The number of piperazine rings is 2. The maximum Gasteiger partial charge on any atom is 0.322 e. The lowest BCUT2D eigenvalue weighted by molar-refractivity contribution is -0.125. The number of nitrogens with zero attached hydrogens (tertiary/aromatic N) is 6. The van der Waals surface area contributed by atoms with Gasteiger partial charge in [-0.25, -0.2) is 19.6 Å². The fraction of sp³-hybridized carbons (Fsp3) is 0.462. The van der Waals surface area contributed by atoms with E-state index in [0.29, 0.717) is 73.1 Å². The van der Waals surface area contributed by atoms with Gasteiger partial charge in [0.25, 0.3) is 23.6 Å². The fourth-order valence-corrected chi connectivity index (χ4v) is 10.3. The van der Waals surface area contributed by atoms with Crippen LogP contribution < -0.4 is 31.1 Å². The normalized spacial score (nSPS) is 22.6. The molecule has 2 aromatic carbocycles. The Morgan fingerprint density at radius 1 is 0.544 bits per heavy atom. The van der Waals surface area contributed by atoms with Gasteiger partial charge in [-0.05, 0) is 135 Å². The number of pyridine rings is 2. The molecule has 4 aliphatic heterocycles. The SMILES string of the molecule is CC[C@@]1(c2ccc(C(=O)N3CCN(c4ncc(C5CC5)cc4C)CC3)c(C)c2)NC(=O)NC1=O.CC[C@]1(c2ccc(C(=O)N3CCN(c4ncc(C5CC5)cc4C)CC3)c(C)c2)NC(=O)NC1=O. The molecule has 2 atom stereocenters. The highest BCUT2D eigenvalue weighted by molar-refractivity contribution is 6.08. The summed E-state index contributed by atoms with van der Waals surface area (Å²) >= 11 is 0. The van der Waals surface area contributed by atoms with Gasteiger partial charge >= 0.3 is 12.1 Å². The lowest BCUT2D eigenvalue weighted by Crippen LogP contribution is -2.49. The van der Waals surface area contributed by atoms with E-state index in [2.05, 4.69) is 57.0 Å². The average Bonchev–Trinajstić information content (AvgIpc) is 4.28. The van der Waals surface area contributed by atoms with Crippen molar-refractivity contribution >= 4 is 47.3 Å². The number of aromatic nitrogens is 2. The Hall–Kier alpha value is -6.84. The molecule has 16 heteroatoms. The Balaban J connectivity index is 0.000000170. The van der Waals surface area contributed by atoms with Crippen LogP contribution in [0.3, 0.4) is 0 Å². The minimum atomic E-state index is -1.09. The minimum Gasteiger partial charge on any atom is -0.353 e. The molecule has 16 nitrogen and oxygen atoms in total. The molecule has 0 unspecified atom stereocenters. The van der Waals surface area contributed by atoms with E-state index in [-0.39, 0.29) is 23.6 Å². The number of anilines is 2. The highest BCUT2D eigenvalue weighted by Crippen LogP contribution is 2.42. The molecule has 4 aromatic rings. The summed E-state index contributed by atoms with van der Waals surface area (Å²) in [6, 6.07) is 14.3. The van der Waals surface area contributed by atoms with E-state index in [9.17, 15) is 28.8 Å². The molecule has 6 fully saturated rings. The molecule has 2 aliphatic carbocycles. The molecular formula is C52H62N10O6. The predicted octanol–water partition coefficient (Wildman–Crippen LogP) is 5.97. The van der Waals surface area contributed by atoms with Gasteiger partial charge in [0, 0.05) is 75.9 Å². The third-order valence-corrected chi connectivity index (χ3v) is 14.8. The average molecular weight is 923 g/mol. The largest absolute Gasteiger partial charge is 0.353 e. The van der Waals surface area contributed by atoms with Crippen molar-refractivity contribution in [1.29, 1.82) is 0 Å². The molecule has 4 saturated heterocycles. The number of rotatable bonds is 10. The van der Waals surface area contributed by atoms with E-state index in [1.54, 1.807) is 24.3 Å². The zero-order valence-corrected chi connectivity index (χ0v) is 40.0. The van der Waals surface area contributed by atoms with Gasteiger partial charge in [-0.15, -0.1) is 0 Å². The Labute approximate surface area is 397 Å². The standard InChI is InChI=1S/2C26H31N5O3/c2*1-4-26(24(33)28-25(34)29-26)20-7-8-21(16(2)14-20)23(32)31-11-9-30(10-12-31)22-17(3)13-19(15-27-22)18-5-6-18/h2*7-8,13-15,18H,4-6,9-12H2,1-3H3,(H2,28,29,33,34)/t2*26-/m10/s1. The van der Waals surface area contributed by atoms with Gasteiger partial charge in [0.05, 0.1) is 0 Å². The minimum absolute atomic E-state index is 0.0112. The van der Waals surface area contributed by atoms with E-state index in [0.717, 1.165) is 48.9 Å². The summed E-state index contributed by atoms with van der Waals surface area (Å²) in [5.74, 6) is 2.67. The van der Waals surface area contributed by atoms with Crippen LogP contribution in [0.15, 0.2) is 60.9 Å². The first-order valence-corrected chi connectivity index (χ1v) is 24.2. The summed E-state index contributed by atoms with van der Waals surface area (Å²) in [6.45, 7) is 17.2. The third-order valence-electron chi connectivity index (χ3n) is 14.8. The van der Waals surface area contributed by atoms with E-state index < -0.39 is 23.1 Å². The van der Waals surface area contributed by atoms with Crippen molar-refractivity contribution in [2.45, 2.75) is 103 Å². The van der Waals surface area contributed by atoms with Gasteiger partial charge in [-0.3, -0.25) is 29.8 Å². The monoisotopic (exact) mass is 922 g/mol. The maximum absolute atomic E-state index is 13.3. The third kappa shape index (κ3) is 8.76. The van der Waals surface area contributed by atoms with Crippen LogP contribution in [0, 0.1) is 27.7 Å². The number of amides is 8. The second-order valence-corrected chi connectivity index (χ2v) is 19.3.